The second-order valence-electron chi connectivity index (χ2n) is 7.33. The van der Waals surface area contributed by atoms with Crippen molar-refractivity contribution in [3.63, 3.8) is 0 Å². The van der Waals surface area contributed by atoms with E-state index in [0.29, 0.717) is 30.2 Å². The molecule has 2 aliphatic rings. The van der Waals surface area contributed by atoms with Gasteiger partial charge in [-0.05, 0) is 33.6 Å². The number of fused-ring (bicyclic) bond motifs is 1. The highest BCUT2D eigenvalue weighted by atomic mass is 15.1. The van der Waals surface area contributed by atoms with Gasteiger partial charge in [-0.25, -0.2) is 0 Å². The Morgan fingerprint density at radius 3 is 1.64 bits per heavy atom. The monoisotopic (exact) mass is 311 g/mol. The molecule has 1 saturated heterocycles. The average Bonchev–Trinajstić information content (AvgIpc) is 2.53. The number of hydrogen-bond donors (Lipinski definition) is 5. The molecule has 2 rings (SSSR count). The van der Waals surface area contributed by atoms with Crippen molar-refractivity contribution in [3.05, 3.63) is 0 Å². The van der Waals surface area contributed by atoms with Crippen molar-refractivity contribution in [1.29, 1.82) is 0 Å². The zero-order chi connectivity index (χ0) is 15.8. The standard InChI is InChI=1S/C17H37N5/c1-13-10-20-14(2)11-21-15(3)12-22-17-7-5-4-6-16(17)19-9-8-18-13/h13-22H,4-12H2,1-3H3/t13-,14+,15-,16+,17+/m0/s1. The van der Waals surface area contributed by atoms with Crippen LogP contribution in [0, 0.1) is 0 Å². The lowest BCUT2D eigenvalue weighted by Crippen LogP contribution is -2.53. The van der Waals surface area contributed by atoms with E-state index in [4.69, 9.17) is 0 Å². The van der Waals surface area contributed by atoms with Crippen LogP contribution in [0.5, 0.6) is 0 Å². The minimum absolute atomic E-state index is 0.511. The van der Waals surface area contributed by atoms with Crippen LogP contribution in [0.25, 0.3) is 0 Å². The highest BCUT2D eigenvalue weighted by Crippen LogP contribution is 2.18. The molecule has 1 aliphatic carbocycles. The van der Waals surface area contributed by atoms with Gasteiger partial charge in [0, 0.05) is 62.9 Å². The molecule has 1 saturated carbocycles. The highest BCUT2D eigenvalue weighted by molar-refractivity contribution is 4.87. The van der Waals surface area contributed by atoms with Crippen molar-refractivity contribution in [2.75, 3.05) is 32.7 Å². The molecule has 22 heavy (non-hydrogen) atoms. The van der Waals surface area contributed by atoms with E-state index in [1.165, 1.54) is 25.7 Å². The molecule has 1 heterocycles. The van der Waals surface area contributed by atoms with Gasteiger partial charge in [0.05, 0.1) is 0 Å². The van der Waals surface area contributed by atoms with E-state index in [-0.39, 0.29) is 0 Å². The Balaban J connectivity index is 1.87. The van der Waals surface area contributed by atoms with Crippen molar-refractivity contribution in [3.8, 4) is 0 Å². The summed E-state index contributed by atoms with van der Waals surface area (Å²) in [6.45, 7) is 12.0. The SMILES string of the molecule is C[C@@H]1CN[C@@H](C)CN[C@@H]2CCCC[C@H]2NCCN[C@@H](C)CN1. The van der Waals surface area contributed by atoms with Crippen molar-refractivity contribution in [2.45, 2.75) is 76.7 Å². The predicted octanol–water partition coefficient (Wildman–Crippen LogP) is 0.425. The van der Waals surface area contributed by atoms with Gasteiger partial charge < -0.3 is 26.6 Å². The van der Waals surface area contributed by atoms with E-state index < -0.39 is 0 Å². The zero-order valence-electron chi connectivity index (χ0n) is 14.8. The normalized spacial score (nSPS) is 40.2. The van der Waals surface area contributed by atoms with E-state index in [9.17, 15) is 0 Å². The van der Waals surface area contributed by atoms with Gasteiger partial charge in [0.2, 0.25) is 0 Å². The maximum absolute atomic E-state index is 3.80. The second kappa shape index (κ2) is 9.83. The molecular weight excluding hydrogens is 274 g/mol. The smallest absolute Gasteiger partial charge is 0.0221 e. The fraction of sp³-hybridized carbons (Fsp3) is 1.00. The van der Waals surface area contributed by atoms with Crippen molar-refractivity contribution >= 4 is 0 Å². The molecule has 0 aromatic heterocycles. The van der Waals surface area contributed by atoms with E-state index in [1.807, 2.05) is 0 Å². The van der Waals surface area contributed by atoms with Gasteiger partial charge >= 0.3 is 0 Å². The van der Waals surface area contributed by atoms with E-state index >= 15 is 0 Å². The molecule has 130 valence electrons. The largest absolute Gasteiger partial charge is 0.312 e. The number of hydrogen-bond acceptors (Lipinski definition) is 5. The van der Waals surface area contributed by atoms with Crippen LogP contribution in [0.4, 0.5) is 0 Å². The van der Waals surface area contributed by atoms with Crippen molar-refractivity contribution < 1.29 is 0 Å². The fourth-order valence-corrected chi connectivity index (χ4v) is 3.50. The Morgan fingerprint density at radius 1 is 0.545 bits per heavy atom. The molecule has 0 bridgehead atoms. The molecule has 5 heteroatoms. The first kappa shape index (κ1) is 18.1. The zero-order valence-corrected chi connectivity index (χ0v) is 14.8. The van der Waals surface area contributed by atoms with Gasteiger partial charge in [0.1, 0.15) is 0 Å². The summed E-state index contributed by atoms with van der Waals surface area (Å²) in [6.07, 6.45) is 5.36. The number of nitrogens with one attached hydrogen (secondary N) is 5. The van der Waals surface area contributed by atoms with Crippen LogP contribution in [0.2, 0.25) is 0 Å². The molecule has 0 unspecified atom stereocenters. The third-order valence-corrected chi connectivity index (χ3v) is 5.02. The van der Waals surface area contributed by atoms with Crippen LogP contribution in [0.1, 0.15) is 46.5 Å². The molecule has 0 spiro atoms. The molecule has 2 fully saturated rings. The van der Waals surface area contributed by atoms with E-state index in [0.717, 1.165) is 32.7 Å². The second-order valence-corrected chi connectivity index (χ2v) is 7.33. The minimum atomic E-state index is 0.511. The summed E-state index contributed by atoms with van der Waals surface area (Å²) < 4.78 is 0. The molecule has 5 N–H and O–H groups in total. The Kier molecular flexibility index (Phi) is 8.11. The van der Waals surface area contributed by atoms with Crippen molar-refractivity contribution in [2.24, 2.45) is 0 Å². The Hall–Kier alpha value is -0.200. The summed E-state index contributed by atoms with van der Waals surface area (Å²) in [5.74, 6) is 0. The van der Waals surface area contributed by atoms with Gasteiger partial charge in [-0.15, -0.1) is 0 Å². The van der Waals surface area contributed by atoms with Gasteiger partial charge in [0.25, 0.3) is 0 Å². The third-order valence-electron chi connectivity index (χ3n) is 5.02. The summed E-state index contributed by atoms with van der Waals surface area (Å²) in [6, 6.07) is 2.83. The van der Waals surface area contributed by atoms with Crippen LogP contribution in [-0.4, -0.2) is 62.9 Å². The van der Waals surface area contributed by atoms with Gasteiger partial charge in [-0.2, -0.15) is 0 Å². The summed E-state index contributed by atoms with van der Waals surface area (Å²) >= 11 is 0. The van der Waals surface area contributed by atoms with Crippen LogP contribution in [-0.2, 0) is 0 Å². The molecular formula is C17H37N5. The lowest BCUT2D eigenvalue weighted by atomic mass is 9.90. The molecule has 5 atom stereocenters. The maximum Gasteiger partial charge on any atom is 0.0221 e. The Bertz CT molecular complexity index is 299. The summed E-state index contributed by atoms with van der Waals surface area (Å²) in [7, 11) is 0. The topological polar surface area (TPSA) is 60.1 Å². The molecule has 0 aromatic rings. The summed E-state index contributed by atoms with van der Waals surface area (Å²) in [5, 5.41) is 18.4. The molecule has 0 aromatic carbocycles. The third kappa shape index (κ3) is 6.50. The van der Waals surface area contributed by atoms with Crippen molar-refractivity contribution in [1.82, 2.24) is 26.6 Å². The Labute approximate surface area is 136 Å². The Morgan fingerprint density at radius 2 is 1.00 bits per heavy atom. The highest BCUT2D eigenvalue weighted by Gasteiger charge is 2.24. The lowest BCUT2D eigenvalue weighted by molar-refractivity contribution is 0.277. The predicted molar refractivity (Wildman–Crippen MR) is 94.4 cm³/mol. The quantitative estimate of drug-likeness (QED) is 0.449. The first-order valence-corrected chi connectivity index (χ1v) is 9.32. The molecule has 1 aliphatic heterocycles. The fourth-order valence-electron chi connectivity index (χ4n) is 3.50. The van der Waals surface area contributed by atoms with Gasteiger partial charge in [-0.1, -0.05) is 12.8 Å². The maximum atomic E-state index is 3.80. The first-order chi connectivity index (χ1) is 10.6. The van der Waals surface area contributed by atoms with Crippen LogP contribution in [0.15, 0.2) is 0 Å². The van der Waals surface area contributed by atoms with Gasteiger partial charge in [0.15, 0.2) is 0 Å². The first-order valence-electron chi connectivity index (χ1n) is 9.32. The summed E-state index contributed by atoms with van der Waals surface area (Å²) in [5.41, 5.74) is 0. The number of rotatable bonds is 0. The van der Waals surface area contributed by atoms with E-state index in [2.05, 4.69) is 47.4 Å². The van der Waals surface area contributed by atoms with Crippen LogP contribution < -0.4 is 26.6 Å². The molecule has 0 amide bonds. The molecule has 5 nitrogen and oxygen atoms in total. The minimum Gasteiger partial charge on any atom is -0.312 e. The van der Waals surface area contributed by atoms with Crippen LogP contribution >= 0.6 is 0 Å². The summed E-state index contributed by atoms with van der Waals surface area (Å²) in [4.78, 5) is 0. The lowest BCUT2D eigenvalue weighted by Gasteiger charge is -2.34. The van der Waals surface area contributed by atoms with Gasteiger partial charge in [-0.3, -0.25) is 0 Å². The van der Waals surface area contributed by atoms with E-state index in [1.54, 1.807) is 0 Å². The molecule has 0 radical (unpaired) electrons. The average molecular weight is 312 g/mol. The van der Waals surface area contributed by atoms with Crippen LogP contribution in [0.3, 0.4) is 0 Å².